The number of anilines is 1. The van der Waals surface area contributed by atoms with Gasteiger partial charge >= 0.3 is 0 Å². The van der Waals surface area contributed by atoms with Gasteiger partial charge < -0.3 is 10.6 Å². The minimum Gasteiger partial charge on any atom is -0.385 e. The van der Waals surface area contributed by atoms with Gasteiger partial charge in [0, 0.05) is 24.3 Å². The summed E-state index contributed by atoms with van der Waals surface area (Å²) in [4.78, 5) is 22.8. The first kappa shape index (κ1) is 16.9. The highest BCUT2D eigenvalue weighted by molar-refractivity contribution is 5.99. The van der Waals surface area contributed by atoms with E-state index < -0.39 is 10.8 Å². The Kier molecular flexibility index (Phi) is 6.65. The van der Waals surface area contributed by atoms with Gasteiger partial charge in [-0.2, -0.15) is 0 Å². The molecule has 0 saturated carbocycles. The third kappa shape index (κ3) is 5.06. The summed E-state index contributed by atoms with van der Waals surface area (Å²) in [6.07, 6.45) is 2.93. The third-order valence-electron chi connectivity index (χ3n) is 3.19. The zero-order valence-electron chi connectivity index (χ0n) is 12.8. The number of hydrogen-bond donors (Lipinski definition) is 2. The predicted octanol–water partition coefficient (Wildman–Crippen LogP) is 3.34. The maximum absolute atomic E-state index is 12.3. The molecule has 6 nitrogen and oxygen atoms in total. The second kappa shape index (κ2) is 8.24. The van der Waals surface area contributed by atoms with E-state index in [1.165, 1.54) is 12.1 Å². The predicted molar refractivity (Wildman–Crippen MR) is 83.7 cm³/mol. The Morgan fingerprint density at radius 3 is 2.67 bits per heavy atom. The molecule has 1 unspecified atom stereocenters. The van der Waals surface area contributed by atoms with Crippen molar-refractivity contribution in [2.75, 3.05) is 11.9 Å². The Morgan fingerprint density at radius 1 is 1.38 bits per heavy atom. The lowest BCUT2D eigenvalue weighted by Gasteiger charge is -2.14. The molecule has 0 aromatic heterocycles. The fourth-order valence-electron chi connectivity index (χ4n) is 2.08. The highest BCUT2D eigenvalue weighted by Crippen LogP contribution is 2.23. The smallest absolute Gasteiger partial charge is 0.282 e. The molecule has 0 radical (unpaired) electrons. The van der Waals surface area contributed by atoms with E-state index in [0.29, 0.717) is 12.2 Å². The zero-order valence-corrected chi connectivity index (χ0v) is 12.8. The lowest BCUT2D eigenvalue weighted by molar-refractivity contribution is -0.385. The van der Waals surface area contributed by atoms with Gasteiger partial charge in [0.15, 0.2) is 0 Å². The fraction of sp³-hybridized carbons (Fsp3) is 0.533. The number of nitrogens with zero attached hydrogens (tertiary/aromatic N) is 1. The van der Waals surface area contributed by atoms with Crippen LogP contribution >= 0.6 is 0 Å². The standard InChI is InChI=1S/C15H23N3O3/c1-4-6-7-11(3)17-15(19)13-10-12(16-5-2)8-9-14(13)18(20)21/h8-11,16H,4-7H2,1-3H3,(H,17,19). The van der Waals surface area contributed by atoms with E-state index in [0.717, 1.165) is 19.3 Å². The molecule has 0 aliphatic heterocycles. The van der Waals surface area contributed by atoms with E-state index in [4.69, 9.17) is 0 Å². The van der Waals surface area contributed by atoms with E-state index >= 15 is 0 Å². The monoisotopic (exact) mass is 293 g/mol. The van der Waals surface area contributed by atoms with E-state index in [-0.39, 0.29) is 17.3 Å². The number of nitro groups is 1. The van der Waals surface area contributed by atoms with Gasteiger partial charge in [-0.3, -0.25) is 14.9 Å². The molecule has 21 heavy (non-hydrogen) atoms. The highest BCUT2D eigenvalue weighted by atomic mass is 16.6. The van der Waals surface area contributed by atoms with Crippen LogP contribution in [0.4, 0.5) is 11.4 Å². The van der Waals surface area contributed by atoms with Crippen molar-refractivity contribution in [2.45, 2.75) is 46.1 Å². The lowest BCUT2D eigenvalue weighted by atomic mass is 10.1. The Labute approximate surface area is 125 Å². The maximum Gasteiger partial charge on any atom is 0.282 e. The van der Waals surface area contributed by atoms with Gasteiger partial charge in [0.2, 0.25) is 0 Å². The Balaban J connectivity index is 2.94. The van der Waals surface area contributed by atoms with Gasteiger partial charge in [0.05, 0.1) is 4.92 Å². The summed E-state index contributed by atoms with van der Waals surface area (Å²) >= 11 is 0. The summed E-state index contributed by atoms with van der Waals surface area (Å²) in [7, 11) is 0. The van der Waals surface area contributed by atoms with Crippen LogP contribution in [0.3, 0.4) is 0 Å². The molecule has 1 rings (SSSR count). The number of amides is 1. The largest absolute Gasteiger partial charge is 0.385 e. The maximum atomic E-state index is 12.3. The molecule has 0 aliphatic rings. The van der Waals surface area contributed by atoms with Crippen molar-refractivity contribution < 1.29 is 9.72 Å². The number of nitrogens with one attached hydrogen (secondary N) is 2. The molecular weight excluding hydrogens is 270 g/mol. The molecular formula is C15H23N3O3. The Bertz CT molecular complexity index is 503. The number of benzene rings is 1. The summed E-state index contributed by atoms with van der Waals surface area (Å²) in [5.41, 5.74) is 0.633. The molecule has 1 amide bonds. The van der Waals surface area contributed by atoms with Crippen molar-refractivity contribution >= 4 is 17.3 Å². The Morgan fingerprint density at radius 2 is 2.10 bits per heavy atom. The fourth-order valence-corrected chi connectivity index (χ4v) is 2.08. The van der Waals surface area contributed by atoms with Gasteiger partial charge in [-0.25, -0.2) is 0 Å². The van der Waals surface area contributed by atoms with Gasteiger partial charge in [-0.05, 0) is 32.4 Å². The van der Waals surface area contributed by atoms with Crippen molar-refractivity contribution in [3.05, 3.63) is 33.9 Å². The van der Waals surface area contributed by atoms with Gasteiger partial charge in [-0.1, -0.05) is 19.8 Å². The molecule has 6 heteroatoms. The molecule has 1 aromatic carbocycles. The first-order chi connectivity index (χ1) is 9.99. The summed E-state index contributed by atoms with van der Waals surface area (Å²) in [6, 6.07) is 4.51. The van der Waals surface area contributed by atoms with Crippen LogP contribution in [0.25, 0.3) is 0 Å². The minimum absolute atomic E-state index is 0.000144. The van der Waals surface area contributed by atoms with Crippen molar-refractivity contribution in [1.82, 2.24) is 5.32 Å². The van der Waals surface area contributed by atoms with Gasteiger partial charge in [0.25, 0.3) is 11.6 Å². The van der Waals surface area contributed by atoms with Crippen LogP contribution in [0, 0.1) is 10.1 Å². The molecule has 1 aromatic rings. The molecule has 0 bridgehead atoms. The average Bonchev–Trinajstić information content (AvgIpc) is 2.45. The number of rotatable bonds is 8. The first-order valence-electron chi connectivity index (χ1n) is 7.32. The first-order valence-corrected chi connectivity index (χ1v) is 7.32. The second-order valence-electron chi connectivity index (χ2n) is 5.04. The highest BCUT2D eigenvalue weighted by Gasteiger charge is 2.21. The SMILES string of the molecule is CCCCC(C)NC(=O)c1cc(NCC)ccc1[N+](=O)[O-]. The van der Waals surface area contributed by atoms with Crippen LogP contribution < -0.4 is 10.6 Å². The van der Waals surface area contributed by atoms with Crippen molar-refractivity contribution in [3.63, 3.8) is 0 Å². The van der Waals surface area contributed by atoms with E-state index in [2.05, 4.69) is 17.6 Å². The number of hydrogen-bond acceptors (Lipinski definition) is 4. The Hall–Kier alpha value is -2.11. The van der Waals surface area contributed by atoms with Gasteiger partial charge in [-0.15, -0.1) is 0 Å². The molecule has 0 spiro atoms. The molecule has 1 atom stereocenters. The topological polar surface area (TPSA) is 84.3 Å². The van der Waals surface area contributed by atoms with Crippen molar-refractivity contribution in [1.29, 1.82) is 0 Å². The summed E-state index contributed by atoms with van der Waals surface area (Å²) < 4.78 is 0. The molecule has 2 N–H and O–H groups in total. The van der Waals surface area contributed by atoms with E-state index in [1.54, 1.807) is 6.07 Å². The van der Waals surface area contributed by atoms with Gasteiger partial charge in [0.1, 0.15) is 5.56 Å². The molecule has 0 aliphatic carbocycles. The number of unbranched alkanes of at least 4 members (excludes halogenated alkanes) is 1. The minimum atomic E-state index is -0.526. The molecule has 0 heterocycles. The van der Waals surface area contributed by atoms with E-state index in [1.807, 2.05) is 13.8 Å². The molecule has 0 fully saturated rings. The zero-order chi connectivity index (χ0) is 15.8. The third-order valence-corrected chi connectivity index (χ3v) is 3.19. The summed E-state index contributed by atoms with van der Waals surface area (Å²) in [5, 5.41) is 16.9. The summed E-state index contributed by atoms with van der Waals surface area (Å²) in [5.74, 6) is -0.398. The second-order valence-corrected chi connectivity index (χ2v) is 5.04. The van der Waals surface area contributed by atoms with Crippen molar-refractivity contribution in [3.8, 4) is 0 Å². The van der Waals surface area contributed by atoms with Crippen LogP contribution in [0.5, 0.6) is 0 Å². The quantitative estimate of drug-likeness (QED) is 0.568. The lowest BCUT2D eigenvalue weighted by Crippen LogP contribution is -2.32. The van der Waals surface area contributed by atoms with E-state index in [9.17, 15) is 14.9 Å². The molecule has 116 valence electrons. The summed E-state index contributed by atoms with van der Waals surface area (Å²) in [6.45, 7) is 6.60. The molecule has 0 saturated heterocycles. The number of nitro benzene ring substituents is 1. The number of carbonyl (C=O) groups excluding carboxylic acids is 1. The van der Waals surface area contributed by atoms with Crippen LogP contribution in [0.2, 0.25) is 0 Å². The average molecular weight is 293 g/mol. The van der Waals surface area contributed by atoms with Crippen LogP contribution in [0.15, 0.2) is 18.2 Å². The number of carbonyl (C=O) groups is 1. The normalized spacial score (nSPS) is 11.8. The van der Waals surface area contributed by atoms with Crippen LogP contribution in [-0.2, 0) is 0 Å². The van der Waals surface area contributed by atoms with Crippen LogP contribution in [0.1, 0.15) is 50.4 Å². The van der Waals surface area contributed by atoms with Crippen LogP contribution in [-0.4, -0.2) is 23.4 Å². The van der Waals surface area contributed by atoms with Crippen molar-refractivity contribution in [2.24, 2.45) is 0 Å².